The normalized spacial score (nSPS) is 10.8. The minimum atomic E-state index is -0.414. The maximum absolute atomic E-state index is 12.9. The molecule has 2 N–H and O–H groups in total. The minimum absolute atomic E-state index is 0.0557. The topological polar surface area (TPSA) is 90.9 Å². The molecule has 0 spiro atoms. The number of aromatic nitrogens is 3. The van der Waals surface area contributed by atoms with E-state index < -0.39 is 11.6 Å². The summed E-state index contributed by atoms with van der Waals surface area (Å²) < 4.78 is 27.0. The van der Waals surface area contributed by atoms with Crippen molar-refractivity contribution in [2.75, 3.05) is 17.3 Å². The molecule has 10 heteroatoms. The number of hydrogen-bond acceptors (Lipinski definition) is 7. The fourth-order valence-corrected chi connectivity index (χ4v) is 3.72. The summed E-state index contributed by atoms with van der Waals surface area (Å²) in [6, 6.07) is 10.5. The quantitative estimate of drug-likeness (QED) is 0.340. The number of halogens is 2. The summed E-state index contributed by atoms with van der Waals surface area (Å²) in [7, 11) is 0. The monoisotopic (exact) mass is 420 g/mol. The smallest absolute Gasteiger partial charge is 0.210 e. The van der Waals surface area contributed by atoms with Crippen molar-refractivity contribution in [3.63, 3.8) is 0 Å². The van der Waals surface area contributed by atoms with Gasteiger partial charge in [-0.3, -0.25) is 9.59 Å². The highest BCUT2D eigenvalue weighted by Crippen LogP contribution is 2.22. The zero-order chi connectivity index (χ0) is 20.1. The Hall–Kier alpha value is -2.72. The fourth-order valence-electron chi connectivity index (χ4n) is 2.16. The van der Waals surface area contributed by atoms with Gasteiger partial charge in [-0.05, 0) is 48.5 Å². The average Bonchev–Trinajstić information content (AvgIpc) is 3.05. The molecular weight excluding hydrogens is 406 g/mol. The highest BCUT2D eigenvalue weighted by molar-refractivity contribution is 8.00. The molecule has 0 fully saturated rings. The number of carbonyl (C=O) groups is 2. The lowest BCUT2D eigenvalue weighted by molar-refractivity contribution is 0.101. The van der Waals surface area contributed by atoms with E-state index in [1.807, 2.05) is 0 Å². The van der Waals surface area contributed by atoms with Crippen LogP contribution in [-0.2, 0) is 0 Å². The molecule has 0 atom stereocenters. The third-order valence-corrected chi connectivity index (χ3v) is 5.52. The number of thioether (sulfide) groups is 2. The van der Waals surface area contributed by atoms with Crippen LogP contribution >= 0.6 is 23.5 Å². The van der Waals surface area contributed by atoms with E-state index >= 15 is 0 Å². The summed E-state index contributed by atoms with van der Waals surface area (Å²) in [4.78, 5) is 24.3. The van der Waals surface area contributed by atoms with Gasteiger partial charge in [0.25, 0.3) is 0 Å². The molecule has 0 saturated carbocycles. The Kier molecular flexibility index (Phi) is 6.42. The van der Waals surface area contributed by atoms with Gasteiger partial charge in [-0.1, -0.05) is 23.5 Å². The Morgan fingerprint density at radius 1 is 0.786 bits per heavy atom. The molecule has 0 radical (unpaired) electrons. The van der Waals surface area contributed by atoms with Crippen LogP contribution in [0.25, 0.3) is 0 Å². The van der Waals surface area contributed by atoms with Crippen molar-refractivity contribution in [2.45, 2.75) is 10.3 Å². The van der Waals surface area contributed by atoms with E-state index in [1.54, 1.807) is 0 Å². The van der Waals surface area contributed by atoms with Crippen molar-refractivity contribution >= 4 is 35.1 Å². The molecule has 0 aliphatic rings. The minimum Gasteiger partial charge on any atom is -0.335 e. The molecule has 28 heavy (non-hydrogen) atoms. The van der Waals surface area contributed by atoms with Gasteiger partial charge >= 0.3 is 0 Å². The van der Waals surface area contributed by atoms with Crippen LogP contribution in [-0.4, -0.2) is 37.9 Å². The molecule has 3 aromatic rings. The molecule has 0 aliphatic carbocycles. The van der Waals surface area contributed by atoms with E-state index in [9.17, 15) is 18.4 Å². The standard InChI is InChI=1S/C18H14F2N4O2S2/c19-13-5-1-11(2-6-13)15(25)9-27-17-22-23-18(24(17)21)28-10-16(26)12-3-7-14(20)8-4-12/h1-8H,9-10,21H2. The maximum atomic E-state index is 12.9. The second kappa shape index (κ2) is 8.98. The number of hydrogen-bond donors (Lipinski definition) is 1. The number of benzene rings is 2. The van der Waals surface area contributed by atoms with E-state index in [2.05, 4.69) is 10.2 Å². The molecule has 0 aliphatic heterocycles. The molecule has 0 saturated heterocycles. The van der Waals surface area contributed by atoms with Crippen LogP contribution in [0.5, 0.6) is 0 Å². The van der Waals surface area contributed by atoms with E-state index in [0.717, 1.165) is 23.5 Å². The molecule has 2 aromatic carbocycles. The van der Waals surface area contributed by atoms with Gasteiger partial charge in [-0.25, -0.2) is 13.5 Å². The zero-order valence-corrected chi connectivity index (χ0v) is 16.0. The van der Waals surface area contributed by atoms with E-state index in [4.69, 9.17) is 5.84 Å². The predicted molar refractivity (Wildman–Crippen MR) is 103 cm³/mol. The van der Waals surface area contributed by atoms with E-state index in [0.29, 0.717) is 21.4 Å². The van der Waals surface area contributed by atoms with Crippen molar-refractivity contribution in [3.05, 3.63) is 71.3 Å². The molecule has 3 rings (SSSR count). The number of carbonyl (C=O) groups excluding carboxylic acids is 2. The highest BCUT2D eigenvalue weighted by atomic mass is 32.2. The summed E-state index contributed by atoms with van der Waals surface area (Å²) in [5, 5.41) is 8.45. The van der Waals surface area contributed by atoms with Crippen molar-refractivity contribution in [3.8, 4) is 0 Å². The molecule has 1 aromatic heterocycles. The van der Waals surface area contributed by atoms with Crippen molar-refractivity contribution in [1.29, 1.82) is 0 Å². The first-order valence-corrected chi connectivity index (χ1v) is 9.95. The first kappa shape index (κ1) is 20.0. The summed E-state index contributed by atoms with van der Waals surface area (Å²) in [6.07, 6.45) is 0. The van der Waals surface area contributed by atoms with Crippen LogP contribution in [0.4, 0.5) is 8.78 Å². The van der Waals surface area contributed by atoms with Gasteiger partial charge in [0, 0.05) is 11.1 Å². The first-order chi connectivity index (χ1) is 13.4. The number of nitrogens with zero attached hydrogens (tertiary/aromatic N) is 3. The Balaban J connectivity index is 1.56. The third-order valence-electron chi connectivity index (χ3n) is 3.63. The number of Topliss-reactive ketones (excluding diaryl/α,β-unsaturated/α-hetero) is 2. The van der Waals surface area contributed by atoms with Gasteiger partial charge in [-0.15, -0.1) is 10.2 Å². The molecule has 0 bridgehead atoms. The van der Waals surface area contributed by atoms with Crippen molar-refractivity contribution in [1.82, 2.24) is 14.9 Å². The van der Waals surface area contributed by atoms with Crippen LogP contribution in [0.2, 0.25) is 0 Å². The van der Waals surface area contributed by atoms with Crippen LogP contribution in [0.1, 0.15) is 20.7 Å². The second-order valence-electron chi connectivity index (χ2n) is 5.57. The summed E-state index contributed by atoms with van der Waals surface area (Å²) in [5.74, 6) is 4.80. The van der Waals surface area contributed by atoms with Crippen LogP contribution < -0.4 is 5.84 Å². The predicted octanol–water partition coefficient (Wildman–Crippen LogP) is 3.22. The number of nitrogen functional groups attached to an aromatic ring is 1. The third kappa shape index (κ3) is 4.96. The molecule has 144 valence electrons. The van der Waals surface area contributed by atoms with Gasteiger partial charge in [-0.2, -0.15) is 0 Å². The summed E-state index contributed by atoms with van der Waals surface area (Å²) in [5.41, 5.74) is 0.771. The SMILES string of the molecule is Nn1c(SCC(=O)c2ccc(F)cc2)nnc1SCC(=O)c1ccc(F)cc1. The zero-order valence-electron chi connectivity index (χ0n) is 14.3. The van der Waals surface area contributed by atoms with Crippen LogP contribution in [0.3, 0.4) is 0 Å². The van der Waals surface area contributed by atoms with Crippen LogP contribution in [0, 0.1) is 11.6 Å². The lowest BCUT2D eigenvalue weighted by Gasteiger charge is -2.04. The van der Waals surface area contributed by atoms with Crippen molar-refractivity contribution in [2.24, 2.45) is 0 Å². The number of rotatable bonds is 8. The highest BCUT2D eigenvalue weighted by Gasteiger charge is 2.15. The fraction of sp³-hybridized carbons (Fsp3) is 0.111. The number of nitrogens with two attached hydrogens (primary N) is 1. The molecule has 0 amide bonds. The Morgan fingerprint density at radius 2 is 1.14 bits per heavy atom. The van der Waals surface area contributed by atoms with Gasteiger partial charge in [0.1, 0.15) is 11.6 Å². The number of ketones is 2. The molecule has 6 nitrogen and oxygen atoms in total. The molecule has 1 heterocycles. The van der Waals surface area contributed by atoms with Gasteiger partial charge in [0.2, 0.25) is 10.3 Å². The van der Waals surface area contributed by atoms with E-state index in [-0.39, 0.29) is 23.1 Å². The van der Waals surface area contributed by atoms with E-state index in [1.165, 1.54) is 53.2 Å². The summed E-state index contributed by atoms with van der Waals surface area (Å²) >= 11 is 2.18. The average molecular weight is 420 g/mol. The lowest BCUT2D eigenvalue weighted by atomic mass is 10.1. The second-order valence-corrected chi connectivity index (χ2v) is 7.46. The Labute approximate surface area is 167 Å². The molecule has 0 unspecified atom stereocenters. The Bertz CT molecular complexity index is 913. The van der Waals surface area contributed by atoms with Gasteiger partial charge in [0.05, 0.1) is 11.5 Å². The largest absolute Gasteiger partial charge is 0.335 e. The lowest BCUT2D eigenvalue weighted by Crippen LogP contribution is -2.13. The van der Waals surface area contributed by atoms with Crippen molar-refractivity contribution < 1.29 is 18.4 Å². The van der Waals surface area contributed by atoms with Gasteiger partial charge in [0.15, 0.2) is 11.6 Å². The summed E-state index contributed by atoms with van der Waals surface area (Å²) in [6.45, 7) is 0. The Morgan fingerprint density at radius 3 is 1.50 bits per heavy atom. The van der Waals surface area contributed by atoms with Crippen LogP contribution in [0.15, 0.2) is 58.8 Å². The van der Waals surface area contributed by atoms with Gasteiger partial charge < -0.3 is 5.84 Å². The molecular formula is C18H14F2N4O2S2. The first-order valence-electron chi connectivity index (χ1n) is 7.97. The maximum Gasteiger partial charge on any atom is 0.210 e.